The first-order valence-corrected chi connectivity index (χ1v) is 10.3. The van der Waals surface area contributed by atoms with E-state index in [1.807, 2.05) is 13.8 Å². The number of ether oxygens (including phenoxy) is 1. The average Bonchev–Trinajstić information content (AvgIpc) is 3.13. The van der Waals surface area contributed by atoms with E-state index >= 15 is 0 Å². The monoisotopic (exact) mass is 418 g/mol. The minimum atomic E-state index is -0.464. The summed E-state index contributed by atoms with van der Waals surface area (Å²) in [6.07, 6.45) is 0. The fourth-order valence-electron chi connectivity index (χ4n) is 2.78. The molecule has 0 bridgehead atoms. The van der Waals surface area contributed by atoms with Gasteiger partial charge in [0.15, 0.2) is 5.13 Å². The molecule has 148 valence electrons. The summed E-state index contributed by atoms with van der Waals surface area (Å²) >= 11 is 2.44. The Morgan fingerprint density at radius 2 is 1.64 bits per heavy atom. The smallest absolute Gasteiger partial charge is 0.350 e. The standard InChI is InChI=1S/C19H22N4O3S2/c1-8-11-9(2)20-17(19(4,5)6)23-15(11)27-12(8)14(24)22-18-21-10(3)13(28-18)16(25)26-7/h1-7H3,(H,21,22,24). The van der Waals surface area contributed by atoms with Gasteiger partial charge in [0, 0.05) is 10.8 Å². The minimum Gasteiger partial charge on any atom is -0.465 e. The van der Waals surface area contributed by atoms with Gasteiger partial charge < -0.3 is 4.74 Å². The molecule has 0 aliphatic heterocycles. The second kappa shape index (κ2) is 7.21. The molecule has 1 amide bonds. The second-order valence-electron chi connectivity index (χ2n) is 7.50. The van der Waals surface area contributed by atoms with Crippen molar-refractivity contribution in [2.45, 2.75) is 47.0 Å². The largest absolute Gasteiger partial charge is 0.465 e. The van der Waals surface area contributed by atoms with Crippen molar-refractivity contribution in [1.82, 2.24) is 15.0 Å². The lowest BCUT2D eigenvalue weighted by molar-refractivity contribution is 0.0605. The number of carbonyl (C=O) groups excluding carboxylic acids is 2. The van der Waals surface area contributed by atoms with Crippen molar-refractivity contribution in [3.05, 3.63) is 32.5 Å². The fourth-order valence-corrected chi connectivity index (χ4v) is 4.78. The van der Waals surface area contributed by atoms with E-state index in [-0.39, 0.29) is 11.3 Å². The van der Waals surface area contributed by atoms with Crippen LogP contribution in [0.5, 0.6) is 0 Å². The maximum absolute atomic E-state index is 12.9. The van der Waals surface area contributed by atoms with Gasteiger partial charge in [-0.3, -0.25) is 10.1 Å². The third-order valence-corrected chi connectivity index (χ3v) is 6.47. The lowest BCUT2D eigenvalue weighted by atomic mass is 9.95. The normalized spacial score (nSPS) is 11.7. The zero-order valence-corrected chi connectivity index (χ0v) is 18.5. The summed E-state index contributed by atoms with van der Waals surface area (Å²) < 4.78 is 4.74. The molecular weight excluding hydrogens is 396 g/mol. The Labute approximate surface area is 171 Å². The van der Waals surface area contributed by atoms with Crippen molar-refractivity contribution in [2.75, 3.05) is 12.4 Å². The number of esters is 1. The van der Waals surface area contributed by atoms with Crippen molar-refractivity contribution in [3.8, 4) is 0 Å². The molecule has 0 aliphatic rings. The Morgan fingerprint density at radius 1 is 0.964 bits per heavy atom. The van der Waals surface area contributed by atoms with Gasteiger partial charge >= 0.3 is 5.97 Å². The van der Waals surface area contributed by atoms with E-state index in [0.29, 0.717) is 20.6 Å². The van der Waals surface area contributed by atoms with Crippen LogP contribution < -0.4 is 5.32 Å². The van der Waals surface area contributed by atoms with Crippen molar-refractivity contribution in [3.63, 3.8) is 0 Å². The Balaban J connectivity index is 1.97. The summed E-state index contributed by atoms with van der Waals surface area (Å²) in [5, 5.41) is 4.06. The lowest BCUT2D eigenvalue weighted by Gasteiger charge is -2.16. The summed E-state index contributed by atoms with van der Waals surface area (Å²) in [6, 6.07) is 0. The molecule has 0 spiro atoms. The SMILES string of the molecule is COC(=O)c1sc(NC(=O)c2sc3nc(C(C)(C)C)nc(C)c3c2C)nc1C. The van der Waals surface area contributed by atoms with E-state index in [4.69, 9.17) is 4.74 Å². The quantitative estimate of drug-likeness (QED) is 0.633. The molecule has 0 aromatic carbocycles. The van der Waals surface area contributed by atoms with E-state index in [0.717, 1.165) is 38.6 Å². The highest BCUT2D eigenvalue weighted by Crippen LogP contribution is 2.34. The topological polar surface area (TPSA) is 94.1 Å². The Morgan fingerprint density at radius 3 is 2.25 bits per heavy atom. The van der Waals surface area contributed by atoms with Gasteiger partial charge in [0.25, 0.3) is 5.91 Å². The van der Waals surface area contributed by atoms with E-state index in [1.54, 1.807) is 6.92 Å². The number of hydrogen-bond acceptors (Lipinski definition) is 8. The molecule has 0 unspecified atom stereocenters. The maximum atomic E-state index is 12.9. The van der Waals surface area contributed by atoms with Crippen molar-refractivity contribution < 1.29 is 14.3 Å². The molecule has 3 rings (SSSR count). The van der Waals surface area contributed by atoms with Gasteiger partial charge in [-0.2, -0.15) is 0 Å². The van der Waals surface area contributed by atoms with Crippen LogP contribution in [0.15, 0.2) is 0 Å². The number of aromatic nitrogens is 3. The van der Waals surface area contributed by atoms with Gasteiger partial charge in [0.05, 0.1) is 23.4 Å². The predicted octanol–water partition coefficient (Wildman–Crippen LogP) is 4.41. The summed E-state index contributed by atoms with van der Waals surface area (Å²) in [5.74, 6) is 0.0144. The Hall–Kier alpha value is -2.39. The molecule has 0 saturated heterocycles. The molecule has 1 N–H and O–H groups in total. The number of anilines is 1. The number of nitrogens with one attached hydrogen (secondary N) is 1. The molecule has 0 saturated carbocycles. The molecule has 7 nitrogen and oxygen atoms in total. The van der Waals surface area contributed by atoms with Gasteiger partial charge in [-0.05, 0) is 26.3 Å². The summed E-state index contributed by atoms with van der Waals surface area (Å²) in [6.45, 7) is 11.7. The lowest BCUT2D eigenvalue weighted by Crippen LogP contribution is -2.16. The van der Waals surface area contributed by atoms with Crippen molar-refractivity contribution >= 4 is 49.9 Å². The van der Waals surface area contributed by atoms with Crippen LogP contribution in [-0.2, 0) is 10.2 Å². The average molecular weight is 419 g/mol. The Bertz CT molecular complexity index is 1090. The number of methoxy groups -OCH3 is 1. The highest BCUT2D eigenvalue weighted by Gasteiger charge is 2.24. The van der Waals surface area contributed by atoms with E-state index < -0.39 is 5.97 Å². The zero-order valence-electron chi connectivity index (χ0n) is 16.9. The number of nitrogens with zero attached hydrogens (tertiary/aromatic N) is 3. The van der Waals surface area contributed by atoms with Crippen molar-refractivity contribution in [1.29, 1.82) is 0 Å². The molecule has 3 aromatic rings. The predicted molar refractivity (Wildman–Crippen MR) is 112 cm³/mol. The first kappa shape index (κ1) is 20.3. The second-order valence-corrected chi connectivity index (χ2v) is 9.50. The van der Waals surface area contributed by atoms with E-state index in [1.165, 1.54) is 18.4 Å². The molecular formula is C19H22N4O3S2. The summed E-state index contributed by atoms with van der Waals surface area (Å²) in [4.78, 5) is 39.9. The highest BCUT2D eigenvalue weighted by molar-refractivity contribution is 7.21. The first-order chi connectivity index (χ1) is 13.0. The third-order valence-electron chi connectivity index (χ3n) is 4.24. The summed E-state index contributed by atoms with van der Waals surface area (Å²) in [5.41, 5.74) is 2.05. The number of carbonyl (C=O) groups is 2. The van der Waals surface area contributed by atoms with Gasteiger partial charge in [-0.25, -0.2) is 19.7 Å². The number of thiophene rings is 1. The number of thiazole rings is 1. The van der Waals surface area contributed by atoms with Crippen LogP contribution in [0.25, 0.3) is 10.2 Å². The van der Waals surface area contributed by atoms with Gasteiger partial charge in [0.1, 0.15) is 15.5 Å². The molecule has 28 heavy (non-hydrogen) atoms. The number of rotatable bonds is 3. The molecule has 0 fully saturated rings. The molecule has 0 aliphatic carbocycles. The number of hydrogen-bond donors (Lipinski definition) is 1. The first-order valence-electron chi connectivity index (χ1n) is 8.68. The van der Waals surface area contributed by atoms with Crippen LogP contribution in [0.3, 0.4) is 0 Å². The van der Waals surface area contributed by atoms with Crippen LogP contribution in [-0.4, -0.2) is 33.9 Å². The van der Waals surface area contributed by atoms with E-state index in [2.05, 4.69) is 41.0 Å². The van der Waals surface area contributed by atoms with Crippen LogP contribution in [0.4, 0.5) is 5.13 Å². The zero-order chi connectivity index (χ0) is 20.8. The van der Waals surface area contributed by atoms with Gasteiger partial charge in [-0.15, -0.1) is 11.3 Å². The van der Waals surface area contributed by atoms with Crippen LogP contribution in [0, 0.1) is 20.8 Å². The number of aryl methyl sites for hydroxylation is 3. The number of amides is 1. The van der Waals surface area contributed by atoms with Crippen molar-refractivity contribution in [2.24, 2.45) is 0 Å². The minimum absolute atomic E-state index is 0.179. The summed E-state index contributed by atoms with van der Waals surface area (Å²) in [7, 11) is 1.32. The molecule has 3 aromatic heterocycles. The third kappa shape index (κ3) is 3.64. The Kier molecular flexibility index (Phi) is 5.24. The van der Waals surface area contributed by atoms with Crippen LogP contribution in [0.2, 0.25) is 0 Å². The van der Waals surface area contributed by atoms with E-state index in [9.17, 15) is 9.59 Å². The maximum Gasteiger partial charge on any atom is 0.350 e. The van der Waals surface area contributed by atoms with Crippen LogP contribution in [0.1, 0.15) is 62.9 Å². The highest BCUT2D eigenvalue weighted by atomic mass is 32.1. The molecule has 0 atom stereocenters. The molecule has 9 heteroatoms. The van der Waals surface area contributed by atoms with Gasteiger partial charge in [-0.1, -0.05) is 32.1 Å². The van der Waals surface area contributed by atoms with Gasteiger partial charge in [0.2, 0.25) is 0 Å². The molecule has 0 radical (unpaired) electrons. The van der Waals surface area contributed by atoms with Crippen LogP contribution >= 0.6 is 22.7 Å². The number of fused-ring (bicyclic) bond motifs is 1. The molecule has 3 heterocycles. The fraction of sp³-hybridized carbons (Fsp3) is 0.421.